The Morgan fingerprint density at radius 1 is 1.14 bits per heavy atom. The van der Waals surface area contributed by atoms with E-state index >= 15 is 0 Å². The summed E-state index contributed by atoms with van der Waals surface area (Å²) in [5, 5.41) is 3.03. The molecule has 3 amide bonds. The van der Waals surface area contributed by atoms with E-state index in [2.05, 4.69) is 10.3 Å². The Hall–Kier alpha value is -3.52. The zero-order valence-corrected chi connectivity index (χ0v) is 22.3. The molecule has 0 aliphatic carbocycles. The van der Waals surface area contributed by atoms with Gasteiger partial charge in [-0.15, -0.1) is 11.3 Å². The number of rotatable bonds is 7. The van der Waals surface area contributed by atoms with Gasteiger partial charge in [0.05, 0.1) is 16.1 Å². The number of aryl methyl sites for hydroxylation is 1. The first-order valence-electron chi connectivity index (χ1n) is 12.8. The number of amides is 3. The molecule has 1 fully saturated rings. The summed E-state index contributed by atoms with van der Waals surface area (Å²) in [6.45, 7) is 7.26. The first kappa shape index (κ1) is 25.1. The predicted octanol–water partition coefficient (Wildman–Crippen LogP) is 4.41. The van der Waals surface area contributed by atoms with Gasteiger partial charge in [0.25, 0.3) is 5.91 Å². The quantitative estimate of drug-likeness (QED) is 0.505. The molecule has 0 radical (unpaired) electrons. The third-order valence-corrected chi connectivity index (χ3v) is 8.31. The van der Waals surface area contributed by atoms with E-state index in [1.807, 2.05) is 74.8 Å². The van der Waals surface area contributed by atoms with Crippen molar-refractivity contribution in [3.8, 4) is 10.4 Å². The number of hydrogen-bond acceptors (Lipinski definition) is 5. The van der Waals surface area contributed by atoms with Crippen molar-refractivity contribution in [1.82, 2.24) is 20.1 Å². The van der Waals surface area contributed by atoms with E-state index < -0.39 is 12.1 Å². The number of likely N-dealkylation sites (tertiary alicyclic amines) is 1. The van der Waals surface area contributed by atoms with Crippen molar-refractivity contribution in [3.63, 3.8) is 0 Å². The lowest BCUT2D eigenvalue weighted by Gasteiger charge is -2.35. The smallest absolute Gasteiger partial charge is 0.255 e. The lowest BCUT2D eigenvalue weighted by molar-refractivity contribution is -0.143. The van der Waals surface area contributed by atoms with Gasteiger partial charge in [0.2, 0.25) is 11.8 Å². The van der Waals surface area contributed by atoms with Gasteiger partial charge in [-0.25, -0.2) is 4.98 Å². The van der Waals surface area contributed by atoms with Gasteiger partial charge in [-0.1, -0.05) is 56.3 Å². The van der Waals surface area contributed by atoms with Crippen molar-refractivity contribution in [2.75, 3.05) is 6.54 Å². The van der Waals surface area contributed by atoms with Crippen LogP contribution in [0.25, 0.3) is 10.4 Å². The number of nitrogens with one attached hydrogen (secondary N) is 1. The van der Waals surface area contributed by atoms with Gasteiger partial charge in [0.15, 0.2) is 0 Å². The second-order valence-electron chi connectivity index (χ2n) is 10.2. The van der Waals surface area contributed by atoms with Crippen LogP contribution in [0.4, 0.5) is 0 Å². The molecule has 0 saturated carbocycles. The number of fused-ring (bicyclic) bond motifs is 1. The summed E-state index contributed by atoms with van der Waals surface area (Å²) in [6, 6.07) is 14.5. The van der Waals surface area contributed by atoms with Crippen LogP contribution < -0.4 is 5.32 Å². The molecule has 1 N–H and O–H groups in total. The maximum absolute atomic E-state index is 13.8. The number of nitrogens with zero attached hydrogens (tertiary/aromatic N) is 3. The number of carbonyl (C=O) groups excluding carboxylic acids is 3. The lowest BCUT2D eigenvalue weighted by Crippen LogP contribution is -2.55. The molecule has 2 aromatic carbocycles. The molecule has 1 aromatic heterocycles. The zero-order chi connectivity index (χ0) is 26.1. The summed E-state index contributed by atoms with van der Waals surface area (Å²) >= 11 is 1.61. The largest absolute Gasteiger partial charge is 0.350 e. The Balaban J connectivity index is 1.25. The molecule has 1 saturated heterocycles. The first-order chi connectivity index (χ1) is 17.8. The summed E-state index contributed by atoms with van der Waals surface area (Å²) in [5.41, 5.74) is 6.56. The second kappa shape index (κ2) is 10.5. The SMILES string of the molecule is Cc1ncsc1-c1ccc(CNC(=O)C2CCCN2C(=O)C(C(C)C)N2Cc3ccccc3C2=O)cc1. The molecule has 0 spiro atoms. The Morgan fingerprint density at radius 2 is 1.89 bits per heavy atom. The highest BCUT2D eigenvalue weighted by molar-refractivity contribution is 7.13. The van der Waals surface area contributed by atoms with Gasteiger partial charge in [0, 0.05) is 25.2 Å². The minimum atomic E-state index is -0.601. The van der Waals surface area contributed by atoms with Gasteiger partial charge in [-0.2, -0.15) is 0 Å². The van der Waals surface area contributed by atoms with Gasteiger partial charge in [-0.05, 0) is 48.4 Å². The highest BCUT2D eigenvalue weighted by Gasteiger charge is 2.43. The molecule has 7 nitrogen and oxygen atoms in total. The molecule has 192 valence electrons. The van der Waals surface area contributed by atoms with Gasteiger partial charge < -0.3 is 15.1 Å². The molecule has 2 atom stereocenters. The Kier molecular flexibility index (Phi) is 7.11. The van der Waals surface area contributed by atoms with Gasteiger partial charge >= 0.3 is 0 Å². The highest BCUT2D eigenvalue weighted by Crippen LogP contribution is 2.30. The van der Waals surface area contributed by atoms with Crippen LogP contribution in [0.3, 0.4) is 0 Å². The maximum Gasteiger partial charge on any atom is 0.255 e. The topological polar surface area (TPSA) is 82.6 Å². The van der Waals surface area contributed by atoms with E-state index in [4.69, 9.17) is 0 Å². The fourth-order valence-electron chi connectivity index (χ4n) is 5.41. The zero-order valence-electron chi connectivity index (χ0n) is 21.4. The van der Waals surface area contributed by atoms with Gasteiger partial charge in [0.1, 0.15) is 12.1 Å². The lowest BCUT2D eigenvalue weighted by atomic mass is 10.0. The minimum absolute atomic E-state index is 0.0734. The van der Waals surface area contributed by atoms with Crippen molar-refractivity contribution in [1.29, 1.82) is 0 Å². The van der Waals surface area contributed by atoms with E-state index in [0.29, 0.717) is 31.6 Å². The highest BCUT2D eigenvalue weighted by atomic mass is 32.1. The van der Waals surface area contributed by atoms with Crippen LogP contribution >= 0.6 is 11.3 Å². The molecular weight excluding hydrogens is 484 g/mol. The molecule has 37 heavy (non-hydrogen) atoms. The normalized spacial score (nSPS) is 17.8. The number of hydrogen-bond donors (Lipinski definition) is 1. The van der Waals surface area contributed by atoms with Crippen molar-refractivity contribution in [2.45, 2.75) is 58.8 Å². The molecular formula is C29H32N4O3S. The number of benzene rings is 2. The Bertz CT molecular complexity index is 1320. The van der Waals surface area contributed by atoms with Crippen LogP contribution in [0.2, 0.25) is 0 Å². The van der Waals surface area contributed by atoms with Crippen molar-refractivity contribution in [2.24, 2.45) is 5.92 Å². The average Bonchev–Trinajstić information content (AvgIpc) is 3.63. The predicted molar refractivity (Wildman–Crippen MR) is 144 cm³/mol. The van der Waals surface area contributed by atoms with Crippen LogP contribution in [-0.4, -0.2) is 51.1 Å². The number of thiazole rings is 1. The summed E-state index contributed by atoms with van der Waals surface area (Å²) in [5.74, 6) is -0.472. The van der Waals surface area contributed by atoms with Crippen LogP contribution in [0, 0.1) is 12.8 Å². The molecule has 2 aliphatic rings. The van der Waals surface area contributed by atoms with Gasteiger partial charge in [-0.3, -0.25) is 14.4 Å². The maximum atomic E-state index is 13.8. The number of carbonyl (C=O) groups is 3. The van der Waals surface area contributed by atoms with Crippen molar-refractivity contribution < 1.29 is 14.4 Å². The van der Waals surface area contributed by atoms with E-state index in [9.17, 15) is 14.4 Å². The fourth-order valence-corrected chi connectivity index (χ4v) is 6.22. The van der Waals surface area contributed by atoms with Crippen LogP contribution in [0.5, 0.6) is 0 Å². The third-order valence-electron chi connectivity index (χ3n) is 7.34. The van der Waals surface area contributed by atoms with E-state index in [-0.39, 0.29) is 23.6 Å². The average molecular weight is 517 g/mol. The summed E-state index contributed by atoms with van der Waals surface area (Å²) < 4.78 is 0. The monoisotopic (exact) mass is 516 g/mol. The van der Waals surface area contributed by atoms with E-state index in [1.165, 1.54) is 0 Å². The summed E-state index contributed by atoms with van der Waals surface area (Å²) in [6.07, 6.45) is 1.39. The molecule has 2 unspecified atom stereocenters. The summed E-state index contributed by atoms with van der Waals surface area (Å²) in [4.78, 5) is 48.9. The summed E-state index contributed by atoms with van der Waals surface area (Å²) in [7, 11) is 0. The van der Waals surface area contributed by atoms with E-state index in [1.54, 1.807) is 21.1 Å². The third kappa shape index (κ3) is 4.90. The Labute approximate surface area is 221 Å². The van der Waals surface area contributed by atoms with Crippen molar-refractivity contribution >= 4 is 29.1 Å². The second-order valence-corrected chi connectivity index (χ2v) is 11.0. The van der Waals surface area contributed by atoms with Crippen LogP contribution in [-0.2, 0) is 22.7 Å². The Morgan fingerprint density at radius 3 is 2.57 bits per heavy atom. The van der Waals surface area contributed by atoms with Crippen LogP contribution in [0.1, 0.15) is 53.9 Å². The molecule has 8 heteroatoms. The molecule has 3 aromatic rings. The number of aromatic nitrogens is 1. The standard InChI is InChI=1S/C29H32N4O3S/c1-18(2)25(33-16-22-7-4-5-8-23(22)28(33)35)29(36)32-14-6-9-24(32)27(34)30-15-20-10-12-21(13-11-20)26-19(3)31-17-37-26/h4-5,7-8,10-13,17-18,24-25H,6,9,14-16H2,1-3H3,(H,30,34). The van der Waals surface area contributed by atoms with Crippen LogP contribution in [0.15, 0.2) is 54.0 Å². The molecule has 3 heterocycles. The van der Waals surface area contributed by atoms with Crippen molar-refractivity contribution in [3.05, 3.63) is 76.4 Å². The fraction of sp³-hybridized carbons (Fsp3) is 0.379. The molecule has 5 rings (SSSR count). The molecule has 2 aliphatic heterocycles. The minimum Gasteiger partial charge on any atom is -0.350 e. The first-order valence-corrected chi connectivity index (χ1v) is 13.7. The molecule has 0 bridgehead atoms. The van der Waals surface area contributed by atoms with E-state index in [0.717, 1.165) is 33.7 Å².